The Hall–Kier alpha value is -11.2. The number of amides is 4. The number of hydrogen-bond acceptors (Lipinski definition) is 30. The van der Waals surface area contributed by atoms with Gasteiger partial charge in [0.25, 0.3) is 0 Å². The molecule has 0 heterocycles. The molecule has 7 atom stereocenters. The average molecular weight is 2210 g/mol. The molecule has 0 aliphatic carbocycles. The second-order valence-corrected chi connectivity index (χ2v) is 38.1. The van der Waals surface area contributed by atoms with E-state index >= 15 is 0 Å². The van der Waals surface area contributed by atoms with Crippen LogP contribution in [-0.2, 0) is 95.4 Å². The number of carbonyl (C=O) groups excluding carboxylic acids is 12. The van der Waals surface area contributed by atoms with Gasteiger partial charge in [0, 0.05) is 125 Å². The van der Waals surface area contributed by atoms with E-state index in [0.717, 1.165) is 39.8 Å². The molecule has 16 N–H and O–H groups in total. The quantitative estimate of drug-likeness (QED) is 0.00562. The molecule has 4 aromatic carbocycles. The summed E-state index contributed by atoms with van der Waals surface area (Å²) in [6.07, 6.45) is 4.80. The van der Waals surface area contributed by atoms with Gasteiger partial charge in [0.2, 0.25) is 23.6 Å². The van der Waals surface area contributed by atoms with E-state index in [9.17, 15) is 62.8 Å². The van der Waals surface area contributed by atoms with Crippen LogP contribution < -0.4 is 45.9 Å². The Kier molecular flexibility index (Phi) is 83.6. The van der Waals surface area contributed by atoms with Gasteiger partial charge in [-0.05, 0) is 219 Å². The van der Waals surface area contributed by atoms with Gasteiger partial charge < -0.3 is 83.8 Å². The first-order chi connectivity index (χ1) is 62.3. The summed E-state index contributed by atoms with van der Waals surface area (Å²) >= 11 is 0. The minimum absolute atomic E-state index is 0. The summed E-state index contributed by atoms with van der Waals surface area (Å²) in [5, 5.41) is 35.0. The van der Waals surface area contributed by atoms with Crippen LogP contribution in [0.3, 0.4) is 0 Å². The van der Waals surface area contributed by atoms with Crippen molar-refractivity contribution in [2.24, 2.45) is 67.7 Å². The fraction of sp³-hybridized carbons (Fsp3) is 0.573. The monoisotopic (exact) mass is 2210 g/mol. The second kappa shape index (κ2) is 78.5. The molecule has 0 spiro atoms. The van der Waals surface area contributed by atoms with Crippen LogP contribution in [0.2, 0.25) is 0 Å². The Bertz CT molecular complexity index is 4160. The topological polar surface area (TPSA) is 607 Å². The largest absolute Gasteiger partial charge is 0.460 e. The van der Waals surface area contributed by atoms with E-state index < -0.39 is 92.7 Å². The number of halogens is 1. The molecule has 0 aliphatic rings. The van der Waals surface area contributed by atoms with Crippen molar-refractivity contribution in [1.82, 2.24) is 0 Å². The third-order valence-corrected chi connectivity index (χ3v) is 15.2. The SMILES string of the molecule is C.C.C.C=CC(=O)OC(C)(C)C.CC(C#N)CCC(=O)OC(C)(C)C.CC(C)(C)OC(=O)CCC(C#N)N=C(c1ccccc1)c1ccccc1.CC(C)(C)OC(=O)CCC(N)C#N.CC(C)(C)OC(=O)CCC(N)C(N)=O.CC(C)(C)OC(=O)CC[C@H](N)C(N)=O.CC(C)(C)OC(=O)CC[C@H](N)C(N)=O.CC(CCC(=O)OC(C)(C)C)C(N)=O.Cl.N#CCN=C(c1ccccc1)c1ccccc1.[2H][B].[U]. The molecule has 0 aromatic heterocycles. The molecule has 0 aliphatic heterocycles. The number of hydrogen-bond donors (Lipinski definition) is 8. The van der Waals surface area contributed by atoms with Gasteiger partial charge >= 0.3 is 47.8 Å². The third-order valence-electron chi connectivity index (χ3n) is 15.2. The zero-order valence-corrected chi connectivity index (χ0v) is 90.4. The summed E-state index contributed by atoms with van der Waals surface area (Å²) in [7, 11) is 3.75. The van der Waals surface area contributed by atoms with Crippen molar-refractivity contribution in [3.8, 4) is 24.3 Å². The van der Waals surface area contributed by atoms with Crippen LogP contribution in [0.4, 0.5) is 0 Å². The van der Waals surface area contributed by atoms with Crippen molar-refractivity contribution in [1.29, 1.82) is 22.4 Å². The van der Waals surface area contributed by atoms with E-state index in [1.54, 1.807) is 96.9 Å². The van der Waals surface area contributed by atoms with E-state index in [0.29, 0.717) is 32.1 Å². The Morgan fingerprint density at radius 1 is 0.357 bits per heavy atom. The molecular formula is C103H168BClN14O20U. The normalized spacial score (nSPS) is 11.9. The van der Waals surface area contributed by atoms with E-state index in [1.165, 1.54) is 0 Å². The van der Waals surface area contributed by atoms with E-state index in [-0.39, 0.29) is 196 Å². The molecule has 2 radical (unpaired) electrons. The predicted molar refractivity (Wildman–Crippen MR) is 551 cm³/mol. The number of rotatable bonds is 32. The van der Waals surface area contributed by atoms with Crippen molar-refractivity contribution in [2.45, 2.75) is 367 Å². The number of nitriles is 4. The summed E-state index contributed by atoms with van der Waals surface area (Å²) in [5.41, 5.74) is 43.0. The maximum atomic E-state index is 11.9. The van der Waals surface area contributed by atoms with Crippen LogP contribution >= 0.6 is 12.4 Å². The molecular weight excluding hydrogens is 2040 g/mol. The van der Waals surface area contributed by atoms with Crippen LogP contribution in [0.5, 0.6) is 0 Å². The van der Waals surface area contributed by atoms with Crippen molar-refractivity contribution in [3.05, 3.63) is 156 Å². The second-order valence-electron chi connectivity index (χ2n) is 38.1. The molecule has 4 aromatic rings. The Balaban J connectivity index is -0.000000151. The van der Waals surface area contributed by atoms with Gasteiger partial charge in [0.1, 0.15) is 57.4 Å². The number of ether oxygens (including phenoxy) is 8. The van der Waals surface area contributed by atoms with Crippen molar-refractivity contribution in [3.63, 3.8) is 0 Å². The van der Waals surface area contributed by atoms with Gasteiger partial charge in [0.05, 0.1) is 59.9 Å². The number of nitrogens with two attached hydrogens (primary N) is 8. The molecule has 784 valence electrons. The summed E-state index contributed by atoms with van der Waals surface area (Å²) in [6, 6.07) is 44.0. The van der Waals surface area contributed by atoms with Crippen LogP contribution in [0, 0.1) is 88.3 Å². The molecule has 37 heteroatoms. The Labute approximate surface area is 868 Å². The summed E-state index contributed by atoms with van der Waals surface area (Å²) in [6.45, 7) is 50.2. The Morgan fingerprint density at radius 2 is 0.586 bits per heavy atom. The smallest absolute Gasteiger partial charge is 0.330 e. The van der Waals surface area contributed by atoms with Crippen LogP contribution in [0.15, 0.2) is 144 Å². The van der Waals surface area contributed by atoms with Gasteiger partial charge in [-0.2, -0.15) is 21.0 Å². The molecule has 140 heavy (non-hydrogen) atoms. The van der Waals surface area contributed by atoms with Crippen LogP contribution in [-0.4, -0.2) is 174 Å². The first-order valence-corrected chi connectivity index (χ1v) is 43.8. The maximum Gasteiger partial charge on any atom is 0.330 e. The summed E-state index contributed by atoms with van der Waals surface area (Å²) in [4.78, 5) is 141. The molecule has 0 fully saturated rings. The molecule has 34 nitrogen and oxygen atoms in total. The fourth-order valence-electron chi connectivity index (χ4n) is 9.28. The van der Waals surface area contributed by atoms with Crippen molar-refractivity contribution in [2.75, 3.05) is 6.54 Å². The first-order valence-electron chi connectivity index (χ1n) is 44.4. The first kappa shape index (κ1) is 149. The molecule has 4 rings (SSSR count). The van der Waals surface area contributed by atoms with Crippen LogP contribution in [0.25, 0.3) is 0 Å². The van der Waals surface area contributed by atoms with Gasteiger partial charge in [-0.15, -0.1) is 12.4 Å². The van der Waals surface area contributed by atoms with Crippen molar-refractivity contribution < 1.29 is 127 Å². The molecule has 0 saturated heterocycles. The van der Waals surface area contributed by atoms with Gasteiger partial charge in [-0.3, -0.25) is 62.7 Å². The van der Waals surface area contributed by atoms with E-state index in [4.69, 9.17) is 101 Å². The zero-order valence-electron chi connectivity index (χ0n) is 86.4. The number of benzene rings is 4. The number of nitrogens with zero attached hydrogens (tertiary/aromatic N) is 6. The minimum atomic E-state index is -0.775. The number of primary amides is 4. The molecule has 5 unspecified atom stereocenters. The number of aliphatic imine (C=N–C) groups is 2. The fourth-order valence-corrected chi connectivity index (χ4v) is 9.28. The van der Waals surface area contributed by atoms with Gasteiger partial charge in [-0.1, -0.05) is 157 Å². The standard InChI is InChI=1S/C22H24N2O2.C15H12N2.C10H19NO3.C10H17NO2.3C9H18N2O3.C9H16N2O2.C7H12O2.3CH4.BH.ClH.U/c1-22(2,3)26-20(25)15-14-19(16-23)24-21(17-10-6-4-7-11-17)18-12-8-5-9-13-18;16-11-12-17-15(13-7-3-1-4-8-13)14-9-5-2-6-10-14;1-7(9(11)13)5-6-8(12)14-10(2,3)4;1-8(7-11)5-6-9(12)13-10(2,3)4;3*1-9(2,3)14-7(12)5-4-6(10)8(11)13;1-9(2,3)13-8(12)5-4-7(11)6-10;1-5-6(8)9-7(2,3)4;;;;;;/h4-13,19H,14-15H2,1-3H3;1-10H,12H2;7H,5-6H2,1-4H3,(H2,11,13);8H,5-6H2,1-4H3;3*6H,4-5,10H2,1-3H3,(H2,11,13);7H,4-5,11H2,1-3H3;5H,1H2,2-4H3;3*1H4;2*1H;/t;;;;2*6-;;;;;;;;;/m....00........./s1/i;;;;;;;;;;;;1D;;. The van der Waals surface area contributed by atoms with E-state index in [2.05, 4.69) is 43.1 Å². The average Bonchev–Trinajstić information content (AvgIpc) is 0.844. The number of esters is 8. The molecule has 0 saturated carbocycles. The minimum Gasteiger partial charge on any atom is -0.460 e. The van der Waals surface area contributed by atoms with Crippen LogP contribution in [0.1, 0.15) is 314 Å². The van der Waals surface area contributed by atoms with Gasteiger partial charge in [0.15, 0.2) is 0 Å². The Morgan fingerprint density at radius 3 is 0.786 bits per heavy atom. The maximum absolute atomic E-state index is 11.9. The third kappa shape index (κ3) is 97.0. The zero-order chi connectivity index (χ0) is 107. The number of carbonyl (C=O) groups is 12. The molecule has 0 bridgehead atoms. The van der Waals surface area contributed by atoms with Crippen molar-refractivity contribution >= 4 is 104 Å². The molecule has 4 amide bonds. The van der Waals surface area contributed by atoms with Gasteiger partial charge in [-0.25, -0.2) is 4.79 Å². The summed E-state index contributed by atoms with van der Waals surface area (Å²) in [5.74, 6) is -5.15. The van der Waals surface area contributed by atoms with E-state index in [1.807, 2.05) is 210 Å². The summed E-state index contributed by atoms with van der Waals surface area (Å²) < 4.78 is 45.6. The predicted octanol–water partition coefficient (Wildman–Crippen LogP) is 15.0.